The molecule has 0 bridgehead atoms. The van der Waals surface area contributed by atoms with Gasteiger partial charge in [-0.3, -0.25) is 4.79 Å². The van der Waals surface area contributed by atoms with Gasteiger partial charge in [-0.15, -0.1) is 0 Å². The smallest absolute Gasteiger partial charge is 0.309 e. The lowest BCUT2D eigenvalue weighted by Gasteiger charge is -2.13. The molecule has 1 rings (SSSR count). The second kappa shape index (κ2) is 6.66. The van der Waals surface area contributed by atoms with E-state index in [0.717, 1.165) is 18.4 Å². The van der Waals surface area contributed by atoms with Gasteiger partial charge in [0.05, 0.1) is 25.2 Å². The first kappa shape index (κ1) is 13.2. The molecule has 2 unspecified atom stereocenters. The van der Waals surface area contributed by atoms with Crippen LogP contribution in [0.2, 0.25) is 0 Å². The molecule has 0 aliphatic carbocycles. The molecule has 0 N–H and O–H groups in total. The fraction of sp³-hybridized carbons (Fsp3) is 0.750. The van der Waals surface area contributed by atoms with Crippen LogP contribution in [0.3, 0.4) is 0 Å². The summed E-state index contributed by atoms with van der Waals surface area (Å²) in [4.78, 5) is 11.3. The summed E-state index contributed by atoms with van der Waals surface area (Å²) in [6, 6.07) is 0. The minimum absolute atomic E-state index is 0.0224. The SMILES string of the molecule is C=C(C)CC(=O)OCC1CCC(COC)O1. The van der Waals surface area contributed by atoms with Gasteiger partial charge in [0.2, 0.25) is 0 Å². The minimum atomic E-state index is -0.230. The minimum Gasteiger partial charge on any atom is -0.463 e. The average molecular weight is 228 g/mol. The van der Waals surface area contributed by atoms with Crippen molar-refractivity contribution in [2.24, 2.45) is 0 Å². The fourth-order valence-corrected chi connectivity index (χ4v) is 1.69. The second-order valence-electron chi connectivity index (χ2n) is 4.23. The zero-order valence-electron chi connectivity index (χ0n) is 10.0. The van der Waals surface area contributed by atoms with Gasteiger partial charge >= 0.3 is 5.97 Å². The lowest BCUT2D eigenvalue weighted by Crippen LogP contribution is -2.21. The predicted octanol–water partition coefficient (Wildman–Crippen LogP) is 1.69. The van der Waals surface area contributed by atoms with E-state index in [4.69, 9.17) is 14.2 Å². The standard InChI is InChI=1S/C12H20O4/c1-9(2)6-12(13)15-8-11-5-4-10(16-11)7-14-3/h10-11H,1,4-8H2,2-3H3. The molecule has 0 aromatic heterocycles. The first-order valence-corrected chi connectivity index (χ1v) is 5.56. The Kier molecular flexibility index (Phi) is 5.49. The van der Waals surface area contributed by atoms with E-state index in [1.165, 1.54) is 0 Å². The van der Waals surface area contributed by atoms with E-state index in [1.807, 2.05) is 6.92 Å². The van der Waals surface area contributed by atoms with E-state index in [-0.39, 0.29) is 24.6 Å². The summed E-state index contributed by atoms with van der Waals surface area (Å²) in [6.45, 7) is 6.42. The Labute approximate surface area is 96.6 Å². The number of hydrogen-bond acceptors (Lipinski definition) is 4. The van der Waals surface area contributed by atoms with Gasteiger partial charge in [0.15, 0.2) is 0 Å². The summed E-state index contributed by atoms with van der Waals surface area (Å²) in [6.07, 6.45) is 2.35. The van der Waals surface area contributed by atoms with Gasteiger partial charge in [-0.25, -0.2) is 0 Å². The Morgan fingerprint density at radius 1 is 1.38 bits per heavy atom. The summed E-state index contributed by atoms with van der Waals surface area (Å²) in [5.74, 6) is -0.230. The molecule has 92 valence electrons. The van der Waals surface area contributed by atoms with Gasteiger partial charge < -0.3 is 14.2 Å². The summed E-state index contributed by atoms with van der Waals surface area (Å²) < 4.78 is 15.7. The molecule has 1 aliphatic heterocycles. The molecule has 0 aromatic rings. The summed E-state index contributed by atoms with van der Waals surface area (Å²) >= 11 is 0. The van der Waals surface area contributed by atoms with E-state index in [0.29, 0.717) is 13.2 Å². The van der Waals surface area contributed by atoms with Crippen LogP contribution in [-0.2, 0) is 19.0 Å². The maximum atomic E-state index is 11.3. The topological polar surface area (TPSA) is 44.8 Å². The lowest BCUT2D eigenvalue weighted by molar-refractivity contribution is -0.147. The van der Waals surface area contributed by atoms with Crippen molar-refractivity contribution in [1.29, 1.82) is 0 Å². The van der Waals surface area contributed by atoms with Crippen LogP contribution in [0.15, 0.2) is 12.2 Å². The van der Waals surface area contributed by atoms with Crippen LogP contribution in [0.1, 0.15) is 26.2 Å². The number of methoxy groups -OCH3 is 1. The Morgan fingerprint density at radius 2 is 2.00 bits per heavy atom. The van der Waals surface area contributed by atoms with E-state index in [2.05, 4.69) is 6.58 Å². The zero-order chi connectivity index (χ0) is 12.0. The van der Waals surface area contributed by atoms with Crippen LogP contribution in [0, 0.1) is 0 Å². The molecule has 1 saturated heterocycles. The van der Waals surface area contributed by atoms with Gasteiger partial charge in [-0.1, -0.05) is 12.2 Å². The number of esters is 1. The van der Waals surface area contributed by atoms with Crippen LogP contribution in [0.25, 0.3) is 0 Å². The fourth-order valence-electron chi connectivity index (χ4n) is 1.69. The van der Waals surface area contributed by atoms with Crippen LogP contribution < -0.4 is 0 Å². The van der Waals surface area contributed by atoms with E-state index >= 15 is 0 Å². The second-order valence-corrected chi connectivity index (χ2v) is 4.23. The van der Waals surface area contributed by atoms with Crippen molar-refractivity contribution in [3.05, 3.63) is 12.2 Å². The van der Waals surface area contributed by atoms with E-state index in [1.54, 1.807) is 7.11 Å². The van der Waals surface area contributed by atoms with Gasteiger partial charge in [0, 0.05) is 7.11 Å². The molecule has 0 aromatic carbocycles. The third-order valence-corrected chi connectivity index (χ3v) is 2.42. The quantitative estimate of drug-likeness (QED) is 0.512. The van der Waals surface area contributed by atoms with Crippen molar-refractivity contribution in [2.45, 2.75) is 38.4 Å². The first-order valence-electron chi connectivity index (χ1n) is 5.56. The van der Waals surface area contributed by atoms with Crippen LogP contribution >= 0.6 is 0 Å². The highest BCUT2D eigenvalue weighted by Crippen LogP contribution is 2.20. The summed E-state index contributed by atoms with van der Waals surface area (Å²) in [5, 5.41) is 0. The van der Waals surface area contributed by atoms with E-state index < -0.39 is 0 Å². The molecule has 1 fully saturated rings. The third-order valence-electron chi connectivity index (χ3n) is 2.42. The maximum Gasteiger partial charge on any atom is 0.309 e. The molecule has 0 amide bonds. The van der Waals surface area contributed by atoms with Gasteiger partial charge in [0.1, 0.15) is 6.61 Å². The van der Waals surface area contributed by atoms with Crippen LogP contribution in [0.5, 0.6) is 0 Å². The monoisotopic (exact) mass is 228 g/mol. The molecule has 4 heteroatoms. The third kappa shape index (κ3) is 4.77. The van der Waals surface area contributed by atoms with Crippen LogP contribution in [-0.4, -0.2) is 38.5 Å². The molecule has 16 heavy (non-hydrogen) atoms. The molecule has 0 radical (unpaired) electrons. The van der Waals surface area contributed by atoms with Crippen molar-refractivity contribution in [2.75, 3.05) is 20.3 Å². The van der Waals surface area contributed by atoms with E-state index in [9.17, 15) is 4.79 Å². The maximum absolute atomic E-state index is 11.3. The van der Waals surface area contributed by atoms with Crippen molar-refractivity contribution >= 4 is 5.97 Å². The Balaban J connectivity index is 2.15. The molecular weight excluding hydrogens is 208 g/mol. The molecule has 0 spiro atoms. The molecule has 0 saturated carbocycles. The Bertz CT molecular complexity index is 249. The normalized spacial score (nSPS) is 24.4. The summed E-state index contributed by atoms with van der Waals surface area (Å²) in [7, 11) is 1.66. The van der Waals surface area contributed by atoms with Crippen molar-refractivity contribution in [3.8, 4) is 0 Å². The number of carbonyl (C=O) groups is 1. The molecular formula is C12H20O4. The molecule has 2 atom stereocenters. The van der Waals surface area contributed by atoms with Crippen LogP contribution in [0.4, 0.5) is 0 Å². The zero-order valence-corrected chi connectivity index (χ0v) is 10.0. The number of ether oxygens (including phenoxy) is 3. The lowest BCUT2D eigenvalue weighted by atomic mass is 10.2. The highest BCUT2D eigenvalue weighted by atomic mass is 16.6. The highest BCUT2D eigenvalue weighted by Gasteiger charge is 2.26. The molecule has 4 nitrogen and oxygen atoms in total. The first-order chi connectivity index (χ1) is 7.61. The van der Waals surface area contributed by atoms with Gasteiger partial charge in [0.25, 0.3) is 0 Å². The number of hydrogen-bond donors (Lipinski definition) is 0. The van der Waals surface area contributed by atoms with Gasteiger partial charge in [-0.05, 0) is 19.8 Å². The highest BCUT2D eigenvalue weighted by molar-refractivity contribution is 5.72. The van der Waals surface area contributed by atoms with Crippen molar-refractivity contribution < 1.29 is 19.0 Å². The largest absolute Gasteiger partial charge is 0.463 e. The Morgan fingerprint density at radius 3 is 2.56 bits per heavy atom. The van der Waals surface area contributed by atoms with Crippen molar-refractivity contribution in [3.63, 3.8) is 0 Å². The molecule has 1 aliphatic rings. The van der Waals surface area contributed by atoms with Crippen molar-refractivity contribution in [1.82, 2.24) is 0 Å². The Hall–Kier alpha value is -0.870. The number of rotatable bonds is 6. The number of carbonyl (C=O) groups excluding carboxylic acids is 1. The van der Waals surface area contributed by atoms with Gasteiger partial charge in [-0.2, -0.15) is 0 Å². The summed E-state index contributed by atoms with van der Waals surface area (Å²) in [5.41, 5.74) is 0.814. The predicted molar refractivity (Wildman–Crippen MR) is 60.2 cm³/mol. The average Bonchev–Trinajstić information content (AvgIpc) is 2.62. The molecule has 1 heterocycles.